The van der Waals surface area contributed by atoms with Gasteiger partial charge in [-0.2, -0.15) is 0 Å². The van der Waals surface area contributed by atoms with E-state index in [0.29, 0.717) is 41.9 Å². The highest BCUT2D eigenvalue weighted by Crippen LogP contribution is 2.46. The number of hydrogen-bond acceptors (Lipinski definition) is 8. The molecular weight excluding hydrogens is 456 g/mol. The fourth-order valence-corrected chi connectivity index (χ4v) is 5.40. The second-order valence-corrected chi connectivity index (χ2v) is 9.19. The van der Waals surface area contributed by atoms with Crippen LogP contribution in [0.3, 0.4) is 0 Å². The summed E-state index contributed by atoms with van der Waals surface area (Å²) in [6.07, 6.45) is 0.991. The number of nitrogens with zero attached hydrogens (tertiary/aromatic N) is 1. The third-order valence-electron chi connectivity index (χ3n) is 6.10. The molecule has 0 saturated heterocycles. The van der Waals surface area contributed by atoms with Crippen molar-refractivity contribution in [2.45, 2.75) is 38.5 Å². The van der Waals surface area contributed by atoms with Crippen LogP contribution in [0.1, 0.15) is 49.0 Å². The highest BCUT2D eigenvalue weighted by molar-refractivity contribution is 7.10. The van der Waals surface area contributed by atoms with Crippen LogP contribution in [0.5, 0.6) is 0 Å². The van der Waals surface area contributed by atoms with Crippen molar-refractivity contribution in [3.05, 3.63) is 84.9 Å². The smallest absolute Gasteiger partial charge is 0.336 e. The Bertz CT molecular complexity index is 1150. The summed E-state index contributed by atoms with van der Waals surface area (Å²) < 4.78 is 10.7. The molecule has 2 unspecified atom stereocenters. The fraction of sp³-hybridized carbons (Fsp3) is 0.360. The van der Waals surface area contributed by atoms with Gasteiger partial charge in [0, 0.05) is 58.8 Å². The zero-order chi connectivity index (χ0) is 24.2. The first-order valence-corrected chi connectivity index (χ1v) is 12.0. The van der Waals surface area contributed by atoms with Gasteiger partial charge < -0.3 is 14.8 Å². The minimum Gasteiger partial charge on any atom is -0.460 e. The monoisotopic (exact) mass is 482 g/mol. The molecule has 0 amide bonds. The predicted molar refractivity (Wildman–Crippen MR) is 127 cm³/mol. The van der Waals surface area contributed by atoms with Crippen LogP contribution in [0, 0.1) is 10.1 Å². The maximum absolute atomic E-state index is 13.5. The third kappa shape index (κ3) is 4.80. The Labute approximate surface area is 201 Å². The second kappa shape index (κ2) is 10.3. The molecule has 1 aromatic heterocycles. The van der Waals surface area contributed by atoms with Gasteiger partial charge in [-0.1, -0.05) is 18.2 Å². The number of carbonyl (C=O) groups excluding carboxylic acids is 2. The van der Waals surface area contributed by atoms with Crippen LogP contribution in [0.25, 0.3) is 0 Å². The summed E-state index contributed by atoms with van der Waals surface area (Å²) >= 11 is 1.63. The van der Waals surface area contributed by atoms with Crippen LogP contribution in [-0.2, 0) is 19.1 Å². The van der Waals surface area contributed by atoms with Crippen molar-refractivity contribution in [2.24, 2.45) is 0 Å². The number of carbonyl (C=O) groups is 2. The number of dihydropyridines is 1. The van der Waals surface area contributed by atoms with Crippen molar-refractivity contribution in [2.75, 3.05) is 19.8 Å². The topological polar surface area (TPSA) is 108 Å². The molecule has 2 aliphatic rings. The van der Waals surface area contributed by atoms with Crippen molar-refractivity contribution in [3.8, 4) is 0 Å². The van der Waals surface area contributed by atoms with E-state index < -0.39 is 16.8 Å². The standard InChI is InChI=1S/C25H26N2O6S/c1-3-32-10-11-33-25(29)22-15(2)26-19-13-17(21-5-4-12-34-21)14-20(28)24(19)23(22)16-6-8-18(9-7-16)27(30)31/h4-9,12,17,23,26H,3,10-11,13-14H2,1-2H3. The molecule has 0 fully saturated rings. The van der Waals surface area contributed by atoms with E-state index in [-0.39, 0.29) is 30.6 Å². The molecule has 1 aromatic carbocycles. The van der Waals surface area contributed by atoms with Gasteiger partial charge in [-0.3, -0.25) is 14.9 Å². The van der Waals surface area contributed by atoms with Crippen molar-refractivity contribution >= 4 is 28.8 Å². The average molecular weight is 483 g/mol. The number of thiophene rings is 1. The molecule has 0 bridgehead atoms. The summed E-state index contributed by atoms with van der Waals surface area (Å²) in [7, 11) is 0. The molecule has 0 saturated carbocycles. The molecule has 4 rings (SSSR count). The van der Waals surface area contributed by atoms with Gasteiger partial charge in [-0.25, -0.2) is 4.79 Å². The van der Waals surface area contributed by atoms with Gasteiger partial charge in [0.05, 0.1) is 17.1 Å². The van der Waals surface area contributed by atoms with Gasteiger partial charge in [0.2, 0.25) is 0 Å². The van der Waals surface area contributed by atoms with Gasteiger partial charge in [0.15, 0.2) is 5.78 Å². The minimum absolute atomic E-state index is 0.0392. The number of rotatable bonds is 8. The lowest BCUT2D eigenvalue weighted by atomic mass is 9.72. The fourth-order valence-electron chi connectivity index (χ4n) is 4.57. The average Bonchev–Trinajstić information content (AvgIpc) is 3.36. The third-order valence-corrected chi connectivity index (χ3v) is 7.13. The van der Waals surface area contributed by atoms with Crippen molar-refractivity contribution in [1.82, 2.24) is 5.32 Å². The van der Waals surface area contributed by atoms with Crippen molar-refractivity contribution < 1.29 is 24.0 Å². The maximum atomic E-state index is 13.5. The molecule has 9 heteroatoms. The number of ketones is 1. The molecule has 1 N–H and O–H groups in total. The van der Waals surface area contributed by atoms with Crippen molar-refractivity contribution in [3.63, 3.8) is 0 Å². The molecule has 34 heavy (non-hydrogen) atoms. The van der Waals surface area contributed by atoms with Gasteiger partial charge in [-0.15, -0.1) is 11.3 Å². The molecular formula is C25H26N2O6S. The highest BCUT2D eigenvalue weighted by atomic mass is 32.1. The van der Waals surface area contributed by atoms with Crippen LogP contribution >= 0.6 is 11.3 Å². The summed E-state index contributed by atoms with van der Waals surface area (Å²) in [6.45, 7) is 4.54. The molecule has 1 aliphatic heterocycles. The molecule has 0 radical (unpaired) electrons. The largest absolute Gasteiger partial charge is 0.460 e. The summed E-state index contributed by atoms with van der Waals surface area (Å²) in [5, 5.41) is 16.5. The molecule has 0 spiro atoms. The van der Waals surface area contributed by atoms with Crippen LogP contribution in [0.4, 0.5) is 5.69 Å². The zero-order valence-electron chi connectivity index (χ0n) is 19.0. The van der Waals surface area contributed by atoms with Crippen LogP contribution < -0.4 is 5.32 Å². The molecule has 8 nitrogen and oxygen atoms in total. The number of nitrogens with one attached hydrogen (secondary N) is 1. The van der Waals surface area contributed by atoms with E-state index in [1.54, 1.807) is 30.4 Å². The van der Waals surface area contributed by atoms with Crippen LogP contribution in [0.15, 0.2) is 64.3 Å². The molecule has 2 heterocycles. The van der Waals surface area contributed by atoms with Gasteiger partial charge in [0.1, 0.15) is 6.61 Å². The normalized spacial score (nSPS) is 20.1. The first-order chi connectivity index (χ1) is 16.4. The van der Waals surface area contributed by atoms with Crippen molar-refractivity contribution in [1.29, 1.82) is 0 Å². The Morgan fingerprint density at radius 3 is 2.62 bits per heavy atom. The Balaban J connectivity index is 1.72. The lowest BCUT2D eigenvalue weighted by molar-refractivity contribution is -0.384. The Hall–Kier alpha value is -3.30. The molecule has 178 valence electrons. The second-order valence-electron chi connectivity index (χ2n) is 8.21. The number of ether oxygens (including phenoxy) is 2. The van der Waals surface area contributed by atoms with E-state index in [1.165, 1.54) is 12.1 Å². The van der Waals surface area contributed by atoms with Crippen LogP contribution in [0.2, 0.25) is 0 Å². The number of non-ortho nitro benzene ring substituents is 1. The van der Waals surface area contributed by atoms with E-state index in [9.17, 15) is 19.7 Å². The lowest BCUT2D eigenvalue weighted by Gasteiger charge is -2.36. The van der Waals surface area contributed by atoms with E-state index in [0.717, 1.165) is 10.6 Å². The van der Waals surface area contributed by atoms with E-state index in [1.807, 2.05) is 24.4 Å². The number of esters is 1. The highest BCUT2D eigenvalue weighted by Gasteiger charge is 2.41. The lowest BCUT2D eigenvalue weighted by Crippen LogP contribution is -2.36. The summed E-state index contributed by atoms with van der Waals surface area (Å²) in [6, 6.07) is 10.0. The molecule has 2 atom stereocenters. The summed E-state index contributed by atoms with van der Waals surface area (Å²) in [5.74, 6) is -1.16. The van der Waals surface area contributed by atoms with E-state index in [4.69, 9.17) is 9.47 Å². The van der Waals surface area contributed by atoms with Gasteiger partial charge in [-0.05, 0) is 37.3 Å². The number of nitro benzene ring substituents is 1. The Kier molecular flexibility index (Phi) is 7.23. The number of benzene rings is 1. The number of hydrogen-bond donors (Lipinski definition) is 1. The Morgan fingerprint density at radius 2 is 1.97 bits per heavy atom. The summed E-state index contributed by atoms with van der Waals surface area (Å²) in [4.78, 5) is 38.4. The first kappa shape index (κ1) is 23.8. The van der Waals surface area contributed by atoms with Gasteiger partial charge in [0.25, 0.3) is 5.69 Å². The predicted octanol–water partition coefficient (Wildman–Crippen LogP) is 4.60. The zero-order valence-corrected chi connectivity index (χ0v) is 19.9. The van der Waals surface area contributed by atoms with Gasteiger partial charge >= 0.3 is 5.97 Å². The summed E-state index contributed by atoms with van der Waals surface area (Å²) in [5.41, 5.74) is 2.86. The molecule has 1 aliphatic carbocycles. The number of Topliss-reactive ketones (excluding diaryl/α,β-unsaturated/α-hetero) is 1. The quantitative estimate of drug-likeness (QED) is 0.254. The number of nitro groups is 1. The van der Waals surface area contributed by atoms with E-state index in [2.05, 4.69) is 5.32 Å². The molecule has 2 aromatic rings. The van der Waals surface area contributed by atoms with Crippen LogP contribution in [-0.4, -0.2) is 36.5 Å². The SMILES string of the molecule is CCOCCOC(=O)C1=C(C)NC2=C(C(=O)CC(c3cccs3)C2)C1c1ccc([N+](=O)[O-])cc1. The minimum atomic E-state index is -0.659. The van der Waals surface area contributed by atoms with E-state index >= 15 is 0 Å². The first-order valence-electron chi connectivity index (χ1n) is 11.2. The number of allylic oxidation sites excluding steroid dienone is 3. The Morgan fingerprint density at radius 1 is 1.21 bits per heavy atom. The maximum Gasteiger partial charge on any atom is 0.336 e.